The van der Waals surface area contributed by atoms with Crippen LogP contribution in [0.3, 0.4) is 0 Å². The van der Waals surface area contributed by atoms with Gasteiger partial charge in [0.15, 0.2) is 5.11 Å². The topological polar surface area (TPSA) is 50.4 Å². The molecule has 2 N–H and O–H groups in total. The lowest BCUT2D eigenvalue weighted by atomic mass is 9.96. The van der Waals surface area contributed by atoms with Crippen LogP contribution in [0.1, 0.15) is 86.5 Å². The number of aryl methyl sites for hydroxylation is 1. The summed E-state index contributed by atoms with van der Waals surface area (Å²) in [5.41, 5.74) is 1.86. The molecule has 0 spiro atoms. The Labute approximate surface area is 173 Å². The summed E-state index contributed by atoms with van der Waals surface area (Å²) in [5, 5.41) is 8.08. The Morgan fingerprint density at radius 1 is 1.15 bits per heavy atom. The number of esters is 1. The molecule has 0 aromatic carbocycles. The number of methoxy groups -OCH3 is 1. The zero-order chi connectivity index (χ0) is 19.8. The van der Waals surface area contributed by atoms with E-state index < -0.39 is 0 Å². The van der Waals surface area contributed by atoms with Gasteiger partial charge in [0.2, 0.25) is 0 Å². The first kappa shape index (κ1) is 22.2. The van der Waals surface area contributed by atoms with E-state index >= 15 is 0 Å². The molecule has 1 aliphatic rings. The third-order valence-electron chi connectivity index (χ3n) is 5.08. The molecular formula is C21H34N2O2S2. The molecule has 0 amide bonds. The maximum atomic E-state index is 12.5. The van der Waals surface area contributed by atoms with Gasteiger partial charge in [0, 0.05) is 10.9 Å². The number of thiocarbonyl (C=S) groups is 1. The summed E-state index contributed by atoms with van der Waals surface area (Å²) in [6.07, 6.45) is 10.3. The average Bonchev–Trinajstić information content (AvgIpc) is 2.89. The number of hydrogen-bond acceptors (Lipinski definition) is 4. The van der Waals surface area contributed by atoms with Gasteiger partial charge in [-0.2, -0.15) is 0 Å². The van der Waals surface area contributed by atoms with Gasteiger partial charge < -0.3 is 15.4 Å². The van der Waals surface area contributed by atoms with Crippen molar-refractivity contribution < 1.29 is 9.53 Å². The summed E-state index contributed by atoms with van der Waals surface area (Å²) in [6, 6.07) is 0.311. The molecule has 4 nitrogen and oxygen atoms in total. The fourth-order valence-corrected chi connectivity index (χ4v) is 5.24. The lowest BCUT2D eigenvalue weighted by Gasteiger charge is -2.17. The van der Waals surface area contributed by atoms with E-state index in [1.54, 1.807) is 11.3 Å². The SMILES string of the molecule is COC(=O)c1c(NC(=S)NC(C)CCCC(C)C)sc2c1CCCCCC2. The van der Waals surface area contributed by atoms with Crippen LogP contribution in [-0.4, -0.2) is 24.2 Å². The summed E-state index contributed by atoms with van der Waals surface area (Å²) < 4.78 is 5.08. The maximum absolute atomic E-state index is 12.5. The van der Waals surface area contributed by atoms with E-state index in [1.165, 1.54) is 49.7 Å². The lowest BCUT2D eigenvalue weighted by molar-refractivity contribution is 0.0601. The van der Waals surface area contributed by atoms with Crippen molar-refractivity contribution in [2.24, 2.45) is 5.92 Å². The van der Waals surface area contributed by atoms with Crippen molar-refractivity contribution in [2.75, 3.05) is 12.4 Å². The highest BCUT2D eigenvalue weighted by molar-refractivity contribution is 7.80. The number of carbonyl (C=O) groups is 1. The fourth-order valence-electron chi connectivity index (χ4n) is 3.59. The van der Waals surface area contributed by atoms with Crippen molar-refractivity contribution in [2.45, 2.75) is 84.6 Å². The Balaban J connectivity index is 2.07. The highest BCUT2D eigenvalue weighted by Gasteiger charge is 2.25. The highest BCUT2D eigenvalue weighted by Crippen LogP contribution is 2.37. The third-order valence-corrected chi connectivity index (χ3v) is 6.51. The molecule has 152 valence electrons. The van der Waals surface area contributed by atoms with Gasteiger partial charge in [-0.05, 0) is 62.7 Å². The summed E-state index contributed by atoms with van der Waals surface area (Å²) in [5.74, 6) is 0.471. The zero-order valence-corrected chi connectivity index (χ0v) is 18.8. The first-order valence-electron chi connectivity index (χ1n) is 10.2. The third kappa shape index (κ3) is 6.75. The van der Waals surface area contributed by atoms with Gasteiger partial charge in [-0.3, -0.25) is 0 Å². The Morgan fingerprint density at radius 2 is 1.85 bits per heavy atom. The summed E-state index contributed by atoms with van der Waals surface area (Å²) in [6.45, 7) is 6.66. The molecule has 27 heavy (non-hydrogen) atoms. The van der Waals surface area contributed by atoms with Crippen molar-refractivity contribution in [1.82, 2.24) is 5.32 Å². The molecule has 1 aliphatic carbocycles. The predicted molar refractivity (Wildman–Crippen MR) is 119 cm³/mol. The van der Waals surface area contributed by atoms with E-state index in [0.717, 1.165) is 36.6 Å². The van der Waals surface area contributed by atoms with Crippen LogP contribution >= 0.6 is 23.6 Å². The first-order chi connectivity index (χ1) is 12.9. The van der Waals surface area contributed by atoms with Gasteiger partial charge in [-0.15, -0.1) is 11.3 Å². The Morgan fingerprint density at radius 3 is 2.52 bits per heavy atom. The van der Waals surface area contributed by atoms with Crippen LogP contribution in [-0.2, 0) is 17.6 Å². The average molecular weight is 411 g/mol. The van der Waals surface area contributed by atoms with Crippen LogP contribution in [0.4, 0.5) is 5.00 Å². The van der Waals surface area contributed by atoms with Crippen LogP contribution in [0.2, 0.25) is 0 Å². The number of hydrogen-bond donors (Lipinski definition) is 2. The van der Waals surface area contributed by atoms with Gasteiger partial charge in [0.25, 0.3) is 0 Å². The van der Waals surface area contributed by atoms with Crippen molar-refractivity contribution in [3.63, 3.8) is 0 Å². The van der Waals surface area contributed by atoms with Crippen LogP contribution in [0.5, 0.6) is 0 Å². The summed E-state index contributed by atoms with van der Waals surface area (Å²) >= 11 is 7.19. The van der Waals surface area contributed by atoms with Gasteiger partial charge in [0.05, 0.1) is 12.7 Å². The molecule has 1 heterocycles. The zero-order valence-electron chi connectivity index (χ0n) is 17.2. The number of anilines is 1. The molecule has 1 aromatic rings. The van der Waals surface area contributed by atoms with Gasteiger partial charge in [-0.1, -0.05) is 39.5 Å². The standard InChI is InChI=1S/C21H34N2O2S2/c1-14(2)10-9-11-15(3)22-21(26)23-19-18(20(24)25-4)16-12-7-5-6-8-13-17(16)27-19/h14-15H,5-13H2,1-4H3,(H2,22,23,26). The molecule has 0 fully saturated rings. The minimum absolute atomic E-state index is 0.261. The second kappa shape index (κ2) is 11.0. The van der Waals surface area contributed by atoms with Gasteiger partial charge >= 0.3 is 5.97 Å². The van der Waals surface area contributed by atoms with Gasteiger partial charge in [0.1, 0.15) is 5.00 Å². The smallest absolute Gasteiger partial charge is 0.341 e. The molecular weight excluding hydrogens is 376 g/mol. The van der Waals surface area contributed by atoms with Crippen LogP contribution in [0.25, 0.3) is 0 Å². The first-order valence-corrected chi connectivity index (χ1v) is 11.4. The Kier molecular flexibility index (Phi) is 9.03. The van der Waals surface area contributed by atoms with Crippen molar-refractivity contribution in [1.29, 1.82) is 0 Å². The highest BCUT2D eigenvalue weighted by atomic mass is 32.1. The summed E-state index contributed by atoms with van der Waals surface area (Å²) in [4.78, 5) is 13.8. The van der Waals surface area contributed by atoms with Gasteiger partial charge in [-0.25, -0.2) is 4.79 Å². The molecule has 1 aromatic heterocycles. The second-order valence-corrected chi connectivity index (χ2v) is 9.45. The Bertz CT molecular complexity index is 640. The largest absolute Gasteiger partial charge is 0.465 e. The summed E-state index contributed by atoms with van der Waals surface area (Å²) in [7, 11) is 1.45. The molecule has 1 unspecified atom stereocenters. The number of thiophene rings is 1. The molecule has 0 aliphatic heterocycles. The number of carbonyl (C=O) groups excluding carboxylic acids is 1. The molecule has 0 radical (unpaired) electrons. The molecule has 0 bridgehead atoms. The number of rotatable bonds is 7. The quantitative estimate of drug-likeness (QED) is 0.446. The molecule has 0 saturated carbocycles. The second-order valence-electron chi connectivity index (χ2n) is 7.94. The minimum atomic E-state index is -0.261. The fraction of sp³-hybridized carbons (Fsp3) is 0.714. The lowest BCUT2D eigenvalue weighted by Crippen LogP contribution is -2.36. The Hall–Kier alpha value is -1.14. The van der Waals surface area contributed by atoms with Crippen LogP contribution in [0.15, 0.2) is 0 Å². The van der Waals surface area contributed by atoms with E-state index in [2.05, 4.69) is 31.4 Å². The molecule has 0 saturated heterocycles. The van der Waals surface area contributed by atoms with E-state index in [0.29, 0.717) is 16.7 Å². The predicted octanol–water partition coefficient (Wildman–Crippen LogP) is 5.69. The van der Waals surface area contributed by atoms with Crippen LogP contribution < -0.4 is 10.6 Å². The van der Waals surface area contributed by atoms with Crippen molar-refractivity contribution >= 4 is 39.6 Å². The van der Waals surface area contributed by atoms with Crippen LogP contribution in [0, 0.1) is 5.92 Å². The van der Waals surface area contributed by atoms with Crippen molar-refractivity contribution in [3.8, 4) is 0 Å². The monoisotopic (exact) mass is 410 g/mol. The minimum Gasteiger partial charge on any atom is -0.465 e. The number of ether oxygens (including phenoxy) is 1. The van der Waals surface area contributed by atoms with Crippen molar-refractivity contribution in [3.05, 3.63) is 16.0 Å². The van der Waals surface area contributed by atoms with E-state index in [1.807, 2.05) is 0 Å². The van der Waals surface area contributed by atoms with E-state index in [9.17, 15) is 4.79 Å². The van der Waals surface area contributed by atoms with E-state index in [4.69, 9.17) is 17.0 Å². The molecule has 2 rings (SSSR count). The molecule has 1 atom stereocenters. The maximum Gasteiger partial charge on any atom is 0.341 e. The number of nitrogens with one attached hydrogen (secondary N) is 2. The number of fused-ring (bicyclic) bond motifs is 1. The van der Waals surface area contributed by atoms with E-state index in [-0.39, 0.29) is 5.97 Å². The molecule has 6 heteroatoms. The normalized spacial score (nSPS) is 15.4.